The molecule has 168 valence electrons. The summed E-state index contributed by atoms with van der Waals surface area (Å²) in [6.45, 7) is 0. The highest BCUT2D eigenvalue weighted by Crippen LogP contribution is 2.34. The molecule has 2 N–H and O–H groups in total. The average Bonchev–Trinajstić information content (AvgIpc) is 2.96. The minimum absolute atomic E-state index is 0. The van der Waals surface area contributed by atoms with Crippen LogP contribution in [0.25, 0.3) is 0 Å². The second-order valence-electron chi connectivity index (χ2n) is 8.15. The van der Waals surface area contributed by atoms with Gasteiger partial charge in [-0.2, -0.15) is 0 Å². The molecule has 1 saturated carbocycles. The Balaban J connectivity index is 0.00000272. The summed E-state index contributed by atoms with van der Waals surface area (Å²) in [5, 5.41) is 5.44. The van der Waals surface area contributed by atoms with Gasteiger partial charge in [0.25, 0.3) is 11.8 Å². The van der Waals surface area contributed by atoms with Crippen LogP contribution in [0.4, 0.5) is 10.1 Å². The van der Waals surface area contributed by atoms with E-state index in [2.05, 4.69) is 10.6 Å². The molecule has 1 aromatic carbocycles. The number of halogens is 2. The summed E-state index contributed by atoms with van der Waals surface area (Å²) >= 11 is 0. The van der Waals surface area contributed by atoms with Crippen LogP contribution in [0.15, 0.2) is 12.1 Å². The predicted molar refractivity (Wildman–Crippen MR) is 114 cm³/mol. The van der Waals surface area contributed by atoms with Gasteiger partial charge in [-0.15, -0.1) is 12.4 Å². The third-order valence-electron chi connectivity index (χ3n) is 6.48. The minimum atomic E-state index is -1.06. The number of amides is 4. The lowest BCUT2D eigenvalue weighted by Gasteiger charge is -2.39. The van der Waals surface area contributed by atoms with Crippen molar-refractivity contribution >= 4 is 41.7 Å². The van der Waals surface area contributed by atoms with Gasteiger partial charge in [0.1, 0.15) is 11.9 Å². The standard InChI is InChI=1S/C21H25FN4O4.ClH/c1-23-14-5-3-4-6-15(14)25(2)17-10-12-11(9-13(17)22)20(29)26(21(12)30)16-7-8-18(27)24-19(16)28;/h9-10,14-16,23H,3-8H2,1-2H3,(H,24,27,28);1H/t14-,15-,16?;/m0./s1. The van der Waals surface area contributed by atoms with Gasteiger partial charge in [-0.05, 0) is 38.4 Å². The molecule has 0 radical (unpaired) electrons. The molecular weight excluding hydrogens is 427 g/mol. The van der Waals surface area contributed by atoms with Gasteiger partial charge in [0.2, 0.25) is 11.8 Å². The number of carbonyl (C=O) groups excluding carboxylic acids is 4. The first kappa shape index (κ1) is 23.1. The first-order valence-corrected chi connectivity index (χ1v) is 10.3. The number of benzene rings is 1. The van der Waals surface area contributed by atoms with Gasteiger partial charge in [0, 0.05) is 25.6 Å². The monoisotopic (exact) mass is 452 g/mol. The molecule has 1 aromatic rings. The Morgan fingerprint density at radius 1 is 1.06 bits per heavy atom. The van der Waals surface area contributed by atoms with Crippen molar-refractivity contribution in [2.75, 3.05) is 19.0 Å². The molecule has 4 rings (SSSR count). The molecule has 2 heterocycles. The fraction of sp³-hybridized carbons (Fsp3) is 0.524. The molecule has 0 aromatic heterocycles. The number of hydrogen-bond donors (Lipinski definition) is 2. The Bertz CT molecular complexity index is 940. The quantitative estimate of drug-likeness (QED) is 0.673. The zero-order chi connectivity index (χ0) is 21.6. The van der Waals surface area contributed by atoms with Gasteiger partial charge in [-0.25, -0.2) is 4.39 Å². The largest absolute Gasteiger partial charge is 0.368 e. The van der Waals surface area contributed by atoms with E-state index in [0.717, 1.165) is 36.6 Å². The topological polar surface area (TPSA) is 98.8 Å². The second kappa shape index (κ2) is 8.92. The van der Waals surface area contributed by atoms with Crippen LogP contribution >= 0.6 is 12.4 Å². The molecule has 3 aliphatic rings. The van der Waals surface area contributed by atoms with E-state index in [0.29, 0.717) is 0 Å². The summed E-state index contributed by atoms with van der Waals surface area (Å²) in [7, 11) is 3.68. The lowest BCUT2D eigenvalue weighted by molar-refractivity contribution is -0.136. The number of imide groups is 2. The van der Waals surface area contributed by atoms with Gasteiger partial charge in [0.05, 0.1) is 16.8 Å². The van der Waals surface area contributed by atoms with E-state index < -0.39 is 35.5 Å². The number of nitrogens with one attached hydrogen (secondary N) is 2. The summed E-state index contributed by atoms with van der Waals surface area (Å²) in [5.41, 5.74) is 0.296. The summed E-state index contributed by atoms with van der Waals surface area (Å²) < 4.78 is 15.0. The van der Waals surface area contributed by atoms with Crippen LogP contribution < -0.4 is 15.5 Å². The van der Waals surface area contributed by atoms with Crippen molar-refractivity contribution in [3.8, 4) is 0 Å². The molecule has 10 heteroatoms. The molecule has 8 nitrogen and oxygen atoms in total. The van der Waals surface area contributed by atoms with E-state index in [1.165, 1.54) is 6.07 Å². The van der Waals surface area contributed by atoms with E-state index in [1.54, 1.807) is 7.05 Å². The smallest absolute Gasteiger partial charge is 0.262 e. The third kappa shape index (κ3) is 3.92. The van der Waals surface area contributed by atoms with Gasteiger partial charge >= 0.3 is 0 Å². The zero-order valence-electron chi connectivity index (χ0n) is 17.4. The number of likely N-dealkylation sites (N-methyl/N-ethyl adjacent to an activating group) is 2. The lowest BCUT2D eigenvalue weighted by atomic mass is 9.89. The van der Waals surface area contributed by atoms with Gasteiger partial charge < -0.3 is 10.2 Å². The maximum atomic E-state index is 15.0. The lowest BCUT2D eigenvalue weighted by Crippen LogP contribution is -2.54. The molecule has 2 fully saturated rings. The Kier molecular flexibility index (Phi) is 6.66. The van der Waals surface area contributed by atoms with E-state index in [1.807, 2.05) is 11.9 Å². The molecule has 4 amide bonds. The molecule has 1 aliphatic carbocycles. The van der Waals surface area contributed by atoms with Crippen molar-refractivity contribution in [3.63, 3.8) is 0 Å². The third-order valence-corrected chi connectivity index (χ3v) is 6.48. The van der Waals surface area contributed by atoms with Crippen LogP contribution in [0.5, 0.6) is 0 Å². The molecular formula is C21H26ClFN4O4. The zero-order valence-corrected chi connectivity index (χ0v) is 18.3. The second-order valence-corrected chi connectivity index (χ2v) is 8.15. The number of nitrogens with zero attached hydrogens (tertiary/aromatic N) is 2. The molecule has 1 unspecified atom stereocenters. The number of anilines is 1. The van der Waals surface area contributed by atoms with Crippen molar-refractivity contribution in [2.24, 2.45) is 0 Å². The van der Waals surface area contributed by atoms with Crippen molar-refractivity contribution in [1.82, 2.24) is 15.5 Å². The normalized spacial score (nSPS) is 25.8. The summed E-state index contributed by atoms with van der Waals surface area (Å²) in [4.78, 5) is 52.1. The predicted octanol–water partition coefficient (Wildman–Crippen LogP) is 1.62. The number of fused-ring (bicyclic) bond motifs is 1. The fourth-order valence-electron chi connectivity index (χ4n) is 4.84. The van der Waals surface area contributed by atoms with Crippen LogP contribution in [0.3, 0.4) is 0 Å². The van der Waals surface area contributed by atoms with E-state index >= 15 is 4.39 Å². The van der Waals surface area contributed by atoms with Gasteiger partial charge in [0.15, 0.2) is 0 Å². The minimum Gasteiger partial charge on any atom is -0.368 e. The van der Waals surface area contributed by atoms with E-state index in [4.69, 9.17) is 0 Å². The first-order chi connectivity index (χ1) is 14.3. The fourth-order valence-corrected chi connectivity index (χ4v) is 4.84. The van der Waals surface area contributed by atoms with Gasteiger partial charge in [-0.1, -0.05) is 12.8 Å². The summed E-state index contributed by atoms with van der Waals surface area (Å²) in [6, 6.07) is 1.71. The van der Waals surface area contributed by atoms with Crippen LogP contribution in [-0.2, 0) is 9.59 Å². The molecule has 31 heavy (non-hydrogen) atoms. The van der Waals surface area contributed by atoms with E-state index in [9.17, 15) is 19.2 Å². The number of hydrogen-bond acceptors (Lipinski definition) is 6. The van der Waals surface area contributed by atoms with Crippen LogP contribution in [0.1, 0.15) is 59.2 Å². The summed E-state index contributed by atoms with van der Waals surface area (Å²) in [6.07, 6.45) is 4.14. The van der Waals surface area contributed by atoms with Crippen molar-refractivity contribution < 1.29 is 23.6 Å². The van der Waals surface area contributed by atoms with Crippen LogP contribution in [0, 0.1) is 5.82 Å². The number of rotatable bonds is 4. The highest BCUT2D eigenvalue weighted by molar-refractivity contribution is 6.23. The Labute approximate surface area is 185 Å². The Morgan fingerprint density at radius 3 is 2.35 bits per heavy atom. The van der Waals surface area contributed by atoms with Crippen molar-refractivity contribution in [2.45, 2.75) is 56.7 Å². The van der Waals surface area contributed by atoms with Crippen molar-refractivity contribution in [3.05, 3.63) is 29.1 Å². The highest BCUT2D eigenvalue weighted by atomic mass is 35.5. The van der Waals surface area contributed by atoms with Crippen LogP contribution in [0.2, 0.25) is 0 Å². The molecule has 0 bridgehead atoms. The Hall–Kier alpha value is -2.52. The number of carbonyl (C=O) groups is 4. The molecule has 2 aliphatic heterocycles. The first-order valence-electron chi connectivity index (χ1n) is 10.3. The maximum Gasteiger partial charge on any atom is 0.262 e. The molecule has 1 saturated heterocycles. The van der Waals surface area contributed by atoms with Crippen molar-refractivity contribution in [1.29, 1.82) is 0 Å². The summed E-state index contributed by atoms with van der Waals surface area (Å²) in [5.74, 6) is -3.04. The van der Waals surface area contributed by atoms with Gasteiger partial charge in [-0.3, -0.25) is 29.4 Å². The number of piperidine rings is 1. The highest BCUT2D eigenvalue weighted by Gasteiger charge is 2.45. The molecule has 3 atom stereocenters. The maximum absolute atomic E-state index is 15.0. The average molecular weight is 453 g/mol. The molecule has 0 spiro atoms. The van der Waals surface area contributed by atoms with E-state index in [-0.39, 0.29) is 54.1 Å². The van der Waals surface area contributed by atoms with Crippen LogP contribution in [-0.4, -0.2) is 60.7 Å². The Morgan fingerprint density at radius 2 is 1.71 bits per heavy atom. The SMILES string of the molecule is CN[C@H]1CCCC[C@@H]1N(C)c1cc2c(cc1F)C(=O)N(C1CCC(=O)NC1=O)C2=O.Cl.